The summed E-state index contributed by atoms with van der Waals surface area (Å²) in [4.78, 5) is 36.4. The first-order valence-electron chi connectivity index (χ1n) is 8.20. The highest BCUT2D eigenvalue weighted by atomic mass is 16.5. The Morgan fingerprint density at radius 3 is 3.00 bits per heavy atom. The molecule has 3 heterocycles. The molecule has 0 saturated carbocycles. The van der Waals surface area contributed by atoms with Gasteiger partial charge in [-0.05, 0) is 19.3 Å². The van der Waals surface area contributed by atoms with Crippen LogP contribution in [0.3, 0.4) is 0 Å². The molecule has 0 aliphatic carbocycles. The average molecular weight is 333 g/mol. The van der Waals surface area contributed by atoms with E-state index in [-0.39, 0.29) is 23.9 Å². The molecule has 0 aromatic carbocycles. The van der Waals surface area contributed by atoms with Crippen molar-refractivity contribution < 1.29 is 14.3 Å². The molecule has 0 bridgehead atoms. The zero-order valence-electron chi connectivity index (χ0n) is 14.1. The van der Waals surface area contributed by atoms with Gasteiger partial charge in [0, 0.05) is 32.6 Å². The third kappa shape index (κ3) is 3.00. The summed E-state index contributed by atoms with van der Waals surface area (Å²) in [6, 6.07) is 1.80. The van der Waals surface area contributed by atoms with E-state index >= 15 is 0 Å². The standard InChI is InChI=1S/C16H23N5O3/c1-17-13(22)9-21-15(23)4-6-16(21)5-3-7-20(10-16)12-8-14(24-2)19-11-18-12/h8,11H,3-7,9-10H2,1-2H3,(H,17,22). The van der Waals surface area contributed by atoms with Gasteiger partial charge in [0.05, 0.1) is 12.6 Å². The summed E-state index contributed by atoms with van der Waals surface area (Å²) in [5.41, 5.74) is -0.292. The van der Waals surface area contributed by atoms with Crippen LogP contribution in [0.1, 0.15) is 25.7 Å². The molecule has 3 rings (SSSR count). The van der Waals surface area contributed by atoms with Crippen LogP contribution in [0.4, 0.5) is 5.82 Å². The molecule has 8 heteroatoms. The molecule has 8 nitrogen and oxygen atoms in total. The normalized spacial score (nSPS) is 23.7. The smallest absolute Gasteiger partial charge is 0.239 e. The van der Waals surface area contributed by atoms with E-state index in [2.05, 4.69) is 20.2 Å². The molecule has 1 unspecified atom stereocenters. The number of ether oxygens (including phenoxy) is 1. The summed E-state index contributed by atoms with van der Waals surface area (Å²) >= 11 is 0. The fraction of sp³-hybridized carbons (Fsp3) is 0.625. The van der Waals surface area contributed by atoms with E-state index in [1.54, 1.807) is 25.1 Å². The van der Waals surface area contributed by atoms with Crippen LogP contribution in [-0.2, 0) is 9.59 Å². The van der Waals surface area contributed by atoms with Crippen molar-refractivity contribution in [3.05, 3.63) is 12.4 Å². The van der Waals surface area contributed by atoms with Gasteiger partial charge in [-0.3, -0.25) is 9.59 Å². The molecule has 1 atom stereocenters. The Morgan fingerprint density at radius 2 is 2.25 bits per heavy atom. The van der Waals surface area contributed by atoms with Crippen LogP contribution in [0, 0.1) is 0 Å². The number of methoxy groups -OCH3 is 1. The maximum Gasteiger partial charge on any atom is 0.239 e. The van der Waals surface area contributed by atoms with Gasteiger partial charge in [0.25, 0.3) is 0 Å². The van der Waals surface area contributed by atoms with Crippen LogP contribution in [0.2, 0.25) is 0 Å². The molecule has 1 spiro atoms. The zero-order chi connectivity index (χ0) is 17.2. The SMILES string of the molecule is CNC(=O)CN1C(=O)CCC12CCCN(c1cc(OC)ncn1)C2. The van der Waals surface area contributed by atoms with E-state index in [4.69, 9.17) is 4.74 Å². The lowest BCUT2D eigenvalue weighted by Gasteiger charge is -2.46. The number of nitrogens with one attached hydrogen (secondary N) is 1. The summed E-state index contributed by atoms with van der Waals surface area (Å²) in [5.74, 6) is 1.23. The second kappa shape index (κ2) is 6.62. The lowest BCUT2D eigenvalue weighted by molar-refractivity contribution is -0.137. The Bertz CT molecular complexity index is 638. The molecule has 2 saturated heterocycles. The van der Waals surface area contributed by atoms with Gasteiger partial charge < -0.3 is 19.9 Å². The number of piperidine rings is 1. The number of likely N-dealkylation sites (N-methyl/N-ethyl adjacent to an activating group) is 1. The summed E-state index contributed by atoms with van der Waals surface area (Å²) in [6.07, 6.45) is 4.62. The number of likely N-dealkylation sites (tertiary alicyclic amines) is 1. The number of rotatable bonds is 4. The highest BCUT2D eigenvalue weighted by Crippen LogP contribution is 2.38. The van der Waals surface area contributed by atoms with Crippen LogP contribution >= 0.6 is 0 Å². The predicted molar refractivity (Wildman–Crippen MR) is 87.8 cm³/mol. The van der Waals surface area contributed by atoms with Crippen molar-refractivity contribution in [2.24, 2.45) is 0 Å². The van der Waals surface area contributed by atoms with Crippen molar-refractivity contribution >= 4 is 17.6 Å². The monoisotopic (exact) mass is 333 g/mol. The molecule has 2 aliphatic rings. The maximum absolute atomic E-state index is 12.3. The van der Waals surface area contributed by atoms with Crippen molar-refractivity contribution in [3.63, 3.8) is 0 Å². The van der Waals surface area contributed by atoms with Crippen LogP contribution in [0.5, 0.6) is 5.88 Å². The quantitative estimate of drug-likeness (QED) is 0.846. The van der Waals surface area contributed by atoms with Crippen molar-refractivity contribution in [2.45, 2.75) is 31.2 Å². The minimum atomic E-state index is -0.292. The first-order valence-corrected chi connectivity index (χ1v) is 8.20. The number of amides is 2. The number of hydrogen-bond acceptors (Lipinski definition) is 6. The minimum Gasteiger partial charge on any atom is -0.481 e. The molecule has 0 radical (unpaired) electrons. The molecule has 1 aromatic heterocycles. The minimum absolute atomic E-state index is 0.0562. The lowest BCUT2D eigenvalue weighted by Crippen LogP contribution is -2.58. The molecule has 1 aromatic rings. The van der Waals surface area contributed by atoms with E-state index < -0.39 is 0 Å². The Morgan fingerprint density at radius 1 is 1.42 bits per heavy atom. The fourth-order valence-corrected chi connectivity index (χ4v) is 3.70. The lowest BCUT2D eigenvalue weighted by atomic mass is 9.86. The first-order chi connectivity index (χ1) is 11.6. The van der Waals surface area contributed by atoms with Crippen LogP contribution in [0.25, 0.3) is 0 Å². The van der Waals surface area contributed by atoms with E-state index in [1.807, 2.05) is 0 Å². The zero-order valence-corrected chi connectivity index (χ0v) is 14.1. The van der Waals surface area contributed by atoms with E-state index in [0.717, 1.165) is 31.6 Å². The number of aromatic nitrogens is 2. The topological polar surface area (TPSA) is 87.7 Å². The Balaban J connectivity index is 1.82. The fourth-order valence-electron chi connectivity index (χ4n) is 3.70. The maximum atomic E-state index is 12.3. The first kappa shape index (κ1) is 16.5. The van der Waals surface area contributed by atoms with Crippen molar-refractivity contribution in [3.8, 4) is 5.88 Å². The molecule has 130 valence electrons. The van der Waals surface area contributed by atoms with E-state index in [9.17, 15) is 9.59 Å². The molecular formula is C16H23N5O3. The van der Waals surface area contributed by atoms with Gasteiger partial charge in [-0.15, -0.1) is 0 Å². The largest absolute Gasteiger partial charge is 0.481 e. The summed E-state index contributed by atoms with van der Waals surface area (Å²) < 4.78 is 5.17. The highest BCUT2D eigenvalue weighted by Gasteiger charge is 2.48. The van der Waals surface area contributed by atoms with Crippen molar-refractivity contribution in [1.29, 1.82) is 0 Å². The molecular weight excluding hydrogens is 310 g/mol. The van der Waals surface area contributed by atoms with Crippen molar-refractivity contribution in [1.82, 2.24) is 20.2 Å². The molecule has 1 N–H and O–H groups in total. The highest BCUT2D eigenvalue weighted by molar-refractivity contribution is 5.87. The molecule has 2 fully saturated rings. The Labute approximate surface area is 141 Å². The van der Waals surface area contributed by atoms with E-state index in [1.165, 1.54) is 6.33 Å². The van der Waals surface area contributed by atoms with Gasteiger partial charge in [-0.1, -0.05) is 0 Å². The van der Waals surface area contributed by atoms with Gasteiger partial charge >= 0.3 is 0 Å². The molecule has 2 amide bonds. The van der Waals surface area contributed by atoms with E-state index in [0.29, 0.717) is 18.8 Å². The van der Waals surface area contributed by atoms with Gasteiger partial charge in [-0.25, -0.2) is 9.97 Å². The number of carbonyl (C=O) groups is 2. The summed E-state index contributed by atoms with van der Waals surface area (Å²) in [5, 5.41) is 2.61. The second-order valence-corrected chi connectivity index (χ2v) is 6.32. The van der Waals surface area contributed by atoms with Crippen LogP contribution in [0.15, 0.2) is 12.4 Å². The van der Waals surface area contributed by atoms with Gasteiger partial charge in [0.15, 0.2) is 0 Å². The Hall–Kier alpha value is -2.38. The third-order valence-corrected chi connectivity index (χ3v) is 4.97. The predicted octanol–water partition coefficient (Wildman–Crippen LogP) is 0.193. The molecule has 24 heavy (non-hydrogen) atoms. The Kier molecular flexibility index (Phi) is 4.55. The second-order valence-electron chi connectivity index (χ2n) is 6.32. The number of nitrogens with zero attached hydrogens (tertiary/aromatic N) is 4. The number of carbonyl (C=O) groups excluding carboxylic acids is 2. The third-order valence-electron chi connectivity index (χ3n) is 4.97. The van der Waals surface area contributed by atoms with Gasteiger partial charge in [0.2, 0.25) is 17.7 Å². The summed E-state index contributed by atoms with van der Waals surface area (Å²) in [7, 11) is 3.17. The van der Waals surface area contributed by atoms with Crippen LogP contribution in [-0.4, -0.2) is 66.0 Å². The van der Waals surface area contributed by atoms with Gasteiger partial charge in [0.1, 0.15) is 18.7 Å². The summed E-state index contributed by atoms with van der Waals surface area (Å²) in [6.45, 7) is 1.66. The van der Waals surface area contributed by atoms with Crippen LogP contribution < -0.4 is 15.0 Å². The van der Waals surface area contributed by atoms with Gasteiger partial charge in [-0.2, -0.15) is 0 Å². The number of anilines is 1. The average Bonchev–Trinajstić information content (AvgIpc) is 2.91. The number of hydrogen-bond donors (Lipinski definition) is 1. The molecule has 2 aliphatic heterocycles. The van der Waals surface area contributed by atoms with Crippen molar-refractivity contribution in [2.75, 3.05) is 38.7 Å².